The van der Waals surface area contributed by atoms with Crippen LogP contribution in [0.3, 0.4) is 0 Å². The van der Waals surface area contributed by atoms with E-state index in [1.54, 1.807) is 6.07 Å². The van der Waals surface area contributed by atoms with E-state index in [1.807, 2.05) is 43.0 Å². The highest BCUT2D eigenvalue weighted by Crippen LogP contribution is 2.26. The van der Waals surface area contributed by atoms with Crippen molar-refractivity contribution in [3.05, 3.63) is 41.7 Å². The minimum absolute atomic E-state index is 0.0152. The third-order valence-corrected chi connectivity index (χ3v) is 4.40. The number of para-hydroxylation sites is 2. The van der Waals surface area contributed by atoms with Crippen molar-refractivity contribution >= 4 is 17.5 Å². The predicted molar refractivity (Wildman–Crippen MR) is 102 cm³/mol. The Kier molecular flexibility index (Phi) is 6.04. The molecule has 1 aromatic heterocycles. The van der Waals surface area contributed by atoms with Crippen LogP contribution >= 0.6 is 0 Å². The molecule has 3 rings (SSSR count). The highest BCUT2D eigenvalue weighted by atomic mass is 16.5. The Balaban J connectivity index is 1.82. The fourth-order valence-electron chi connectivity index (χ4n) is 3.14. The molecule has 2 aromatic rings. The molecule has 1 fully saturated rings. The highest BCUT2D eigenvalue weighted by Gasteiger charge is 2.20. The summed E-state index contributed by atoms with van der Waals surface area (Å²) < 4.78 is 5.63. The largest absolute Gasteiger partial charge is 0.492 e. The minimum Gasteiger partial charge on any atom is -0.492 e. The molecule has 0 bridgehead atoms. The SMILES string of the molecule is CCOc1ccccc1Nc1nc(C)cc(C(=O)N2CCCCCC2)n1. The molecular formula is C20H26N4O2. The van der Waals surface area contributed by atoms with Gasteiger partial charge in [0.05, 0.1) is 12.3 Å². The summed E-state index contributed by atoms with van der Waals surface area (Å²) in [5, 5.41) is 3.19. The summed E-state index contributed by atoms with van der Waals surface area (Å²) in [7, 11) is 0. The van der Waals surface area contributed by atoms with E-state index in [2.05, 4.69) is 15.3 Å². The second kappa shape index (κ2) is 8.65. The zero-order valence-electron chi connectivity index (χ0n) is 15.5. The van der Waals surface area contributed by atoms with E-state index in [9.17, 15) is 4.79 Å². The minimum atomic E-state index is -0.0152. The number of nitrogens with zero attached hydrogens (tertiary/aromatic N) is 3. The molecule has 0 radical (unpaired) electrons. The van der Waals surface area contributed by atoms with Gasteiger partial charge in [-0.25, -0.2) is 9.97 Å². The molecule has 0 spiro atoms. The standard InChI is InChI=1S/C20H26N4O2/c1-3-26-18-11-7-6-10-16(18)22-20-21-15(2)14-17(23-20)19(25)24-12-8-4-5-9-13-24/h6-7,10-11,14H,3-5,8-9,12-13H2,1-2H3,(H,21,22,23). The fraction of sp³-hybridized carbons (Fsp3) is 0.450. The van der Waals surface area contributed by atoms with Gasteiger partial charge in [0, 0.05) is 18.8 Å². The van der Waals surface area contributed by atoms with E-state index >= 15 is 0 Å². The van der Waals surface area contributed by atoms with Gasteiger partial charge < -0.3 is 15.0 Å². The molecule has 0 saturated carbocycles. The van der Waals surface area contributed by atoms with Crippen molar-refractivity contribution < 1.29 is 9.53 Å². The van der Waals surface area contributed by atoms with Gasteiger partial charge in [0.25, 0.3) is 5.91 Å². The lowest BCUT2D eigenvalue weighted by atomic mass is 10.2. The summed E-state index contributed by atoms with van der Waals surface area (Å²) in [6, 6.07) is 9.40. The normalized spacial score (nSPS) is 14.6. The van der Waals surface area contributed by atoms with E-state index in [0.717, 1.165) is 43.1 Å². The Morgan fingerprint density at radius 3 is 2.62 bits per heavy atom. The fourth-order valence-corrected chi connectivity index (χ4v) is 3.14. The van der Waals surface area contributed by atoms with Crippen LogP contribution < -0.4 is 10.1 Å². The van der Waals surface area contributed by atoms with Gasteiger partial charge in [0.2, 0.25) is 5.95 Å². The van der Waals surface area contributed by atoms with Gasteiger partial charge in [0.15, 0.2) is 0 Å². The number of amides is 1. The molecule has 6 heteroatoms. The Morgan fingerprint density at radius 1 is 1.15 bits per heavy atom. The molecule has 0 aliphatic carbocycles. The lowest BCUT2D eigenvalue weighted by Gasteiger charge is -2.20. The molecule has 1 amide bonds. The number of ether oxygens (including phenoxy) is 1. The van der Waals surface area contributed by atoms with Crippen molar-refractivity contribution in [1.82, 2.24) is 14.9 Å². The molecule has 0 atom stereocenters. The molecule has 1 saturated heterocycles. The van der Waals surface area contributed by atoms with Gasteiger partial charge in [-0.05, 0) is 44.9 Å². The highest BCUT2D eigenvalue weighted by molar-refractivity contribution is 5.92. The predicted octanol–water partition coefficient (Wildman–Crippen LogP) is 3.94. The molecule has 0 unspecified atom stereocenters. The lowest BCUT2D eigenvalue weighted by molar-refractivity contribution is 0.0755. The van der Waals surface area contributed by atoms with Crippen LogP contribution in [0.1, 0.15) is 48.8 Å². The zero-order chi connectivity index (χ0) is 18.4. The number of hydrogen-bond acceptors (Lipinski definition) is 5. The number of likely N-dealkylation sites (tertiary alicyclic amines) is 1. The first-order valence-electron chi connectivity index (χ1n) is 9.31. The van der Waals surface area contributed by atoms with E-state index in [4.69, 9.17) is 4.74 Å². The molecule has 1 aliphatic rings. The molecule has 26 heavy (non-hydrogen) atoms. The number of anilines is 2. The number of carbonyl (C=O) groups is 1. The second-order valence-electron chi connectivity index (χ2n) is 6.48. The second-order valence-corrected chi connectivity index (χ2v) is 6.48. The molecular weight excluding hydrogens is 328 g/mol. The van der Waals surface area contributed by atoms with E-state index in [-0.39, 0.29) is 5.91 Å². The quantitative estimate of drug-likeness (QED) is 0.881. The van der Waals surface area contributed by atoms with Crippen molar-refractivity contribution in [3.63, 3.8) is 0 Å². The van der Waals surface area contributed by atoms with Crippen molar-refractivity contribution in [2.75, 3.05) is 25.0 Å². The Bertz CT molecular complexity index is 755. The number of carbonyl (C=O) groups excluding carboxylic acids is 1. The van der Waals surface area contributed by atoms with Gasteiger partial charge >= 0.3 is 0 Å². The maximum atomic E-state index is 12.9. The maximum absolute atomic E-state index is 12.9. The van der Waals surface area contributed by atoms with Crippen molar-refractivity contribution in [2.45, 2.75) is 39.5 Å². The van der Waals surface area contributed by atoms with E-state index < -0.39 is 0 Å². The van der Waals surface area contributed by atoms with Crippen molar-refractivity contribution in [1.29, 1.82) is 0 Å². The topological polar surface area (TPSA) is 67.3 Å². The first kappa shape index (κ1) is 18.2. The van der Waals surface area contributed by atoms with Crippen LogP contribution in [-0.2, 0) is 0 Å². The third-order valence-electron chi connectivity index (χ3n) is 4.40. The summed E-state index contributed by atoms with van der Waals surface area (Å²) in [5.74, 6) is 1.13. The summed E-state index contributed by atoms with van der Waals surface area (Å²) in [6.45, 7) is 6.00. The van der Waals surface area contributed by atoms with Crippen LogP contribution in [0.2, 0.25) is 0 Å². The summed E-state index contributed by atoms with van der Waals surface area (Å²) in [5.41, 5.74) is 1.98. The Labute approximate surface area is 154 Å². The van der Waals surface area contributed by atoms with Crippen LogP contribution in [0.4, 0.5) is 11.6 Å². The molecule has 138 valence electrons. The Morgan fingerprint density at radius 2 is 1.88 bits per heavy atom. The average Bonchev–Trinajstić information content (AvgIpc) is 2.92. The molecule has 1 aromatic carbocycles. The first-order valence-corrected chi connectivity index (χ1v) is 9.31. The maximum Gasteiger partial charge on any atom is 0.272 e. The molecule has 1 aliphatic heterocycles. The molecule has 6 nitrogen and oxygen atoms in total. The van der Waals surface area contributed by atoms with Gasteiger partial charge in [-0.1, -0.05) is 25.0 Å². The number of benzene rings is 1. The van der Waals surface area contributed by atoms with Crippen LogP contribution in [0.25, 0.3) is 0 Å². The van der Waals surface area contributed by atoms with E-state index in [1.165, 1.54) is 12.8 Å². The smallest absolute Gasteiger partial charge is 0.272 e. The molecule has 2 heterocycles. The van der Waals surface area contributed by atoms with Crippen LogP contribution in [0.5, 0.6) is 5.75 Å². The van der Waals surface area contributed by atoms with Crippen LogP contribution in [0.15, 0.2) is 30.3 Å². The summed E-state index contributed by atoms with van der Waals surface area (Å²) in [6.07, 6.45) is 4.49. The van der Waals surface area contributed by atoms with E-state index in [0.29, 0.717) is 18.2 Å². The summed E-state index contributed by atoms with van der Waals surface area (Å²) >= 11 is 0. The van der Waals surface area contributed by atoms with Crippen LogP contribution in [-0.4, -0.2) is 40.5 Å². The van der Waals surface area contributed by atoms with Gasteiger partial charge in [0.1, 0.15) is 11.4 Å². The first-order chi connectivity index (χ1) is 12.7. The van der Waals surface area contributed by atoms with Gasteiger partial charge in [-0.3, -0.25) is 4.79 Å². The zero-order valence-corrected chi connectivity index (χ0v) is 15.5. The third kappa shape index (κ3) is 4.50. The Hall–Kier alpha value is -2.63. The summed E-state index contributed by atoms with van der Waals surface area (Å²) in [4.78, 5) is 23.7. The number of aryl methyl sites for hydroxylation is 1. The lowest BCUT2D eigenvalue weighted by Crippen LogP contribution is -2.32. The average molecular weight is 354 g/mol. The molecule has 1 N–H and O–H groups in total. The van der Waals surface area contributed by atoms with Crippen LogP contribution in [0, 0.1) is 6.92 Å². The van der Waals surface area contributed by atoms with Crippen molar-refractivity contribution in [3.8, 4) is 5.75 Å². The number of nitrogens with one attached hydrogen (secondary N) is 1. The van der Waals surface area contributed by atoms with Gasteiger partial charge in [-0.2, -0.15) is 0 Å². The van der Waals surface area contributed by atoms with Gasteiger partial charge in [-0.15, -0.1) is 0 Å². The monoisotopic (exact) mass is 354 g/mol. The number of hydrogen-bond donors (Lipinski definition) is 1. The number of rotatable bonds is 5. The van der Waals surface area contributed by atoms with Crippen molar-refractivity contribution in [2.24, 2.45) is 0 Å². The number of aromatic nitrogens is 2.